The molecule has 0 aromatic heterocycles. The first-order valence-electron chi connectivity index (χ1n) is 5.11. The Bertz CT molecular complexity index is 358. The van der Waals surface area contributed by atoms with E-state index in [2.05, 4.69) is 0 Å². The lowest BCUT2D eigenvalue weighted by Crippen LogP contribution is -2.10. The van der Waals surface area contributed by atoms with Crippen LogP contribution in [0.25, 0.3) is 0 Å². The van der Waals surface area contributed by atoms with Crippen molar-refractivity contribution in [1.82, 2.24) is 0 Å². The van der Waals surface area contributed by atoms with Gasteiger partial charge in [-0.3, -0.25) is 0 Å². The number of benzene rings is 1. The molecular formula is C12H15F3O. The van der Waals surface area contributed by atoms with E-state index in [9.17, 15) is 18.3 Å². The molecule has 1 aromatic rings. The van der Waals surface area contributed by atoms with E-state index in [-0.39, 0.29) is 6.42 Å². The highest BCUT2D eigenvalue weighted by molar-refractivity contribution is 5.31. The highest BCUT2D eigenvalue weighted by atomic mass is 19.4. The second-order valence-corrected chi connectivity index (χ2v) is 4.03. The molecule has 1 rings (SSSR count). The van der Waals surface area contributed by atoms with Crippen molar-refractivity contribution in [3.05, 3.63) is 34.9 Å². The fourth-order valence-corrected chi connectivity index (χ4v) is 1.66. The maximum Gasteiger partial charge on any atom is 0.389 e. The van der Waals surface area contributed by atoms with E-state index in [1.807, 2.05) is 13.0 Å². The second-order valence-electron chi connectivity index (χ2n) is 4.03. The Morgan fingerprint density at radius 3 is 2.38 bits per heavy atom. The van der Waals surface area contributed by atoms with Crippen molar-refractivity contribution in [3.63, 3.8) is 0 Å². The van der Waals surface area contributed by atoms with Gasteiger partial charge in [-0.25, -0.2) is 0 Å². The third-order valence-electron chi connectivity index (χ3n) is 2.49. The van der Waals surface area contributed by atoms with Gasteiger partial charge >= 0.3 is 6.18 Å². The molecule has 0 amide bonds. The zero-order valence-corrected chi connectivity index (χ0v) is 9.30. The Morgan fingerprint density at radius 1 is 1.25 bits per heavy atom. The summed E-state index contributed by atoms with van der Waals surface area (Å²) in [5.74, 6) is 0. The number of aliphatic hydroxyl groups is 1. The zero-order chi connectivity index (χ0) is 12.3. The number of halogens is 3. The van der Waals surface area contributed by atoms with Crippen LogP contribution in [-0.4, -0.2) is 11.3 Å². The van der Waals surface area contributed by atoms with E-state index >= 15 is 0 Å². The van der Waals surface area contributed by atoms with Crippen LogP contribution in [-0.2, 0) is 0 Å². The molecule has 0 bridgehead atoms. The van der Waals surface area contributed by atoms with E-state index in [1.54, 1.807) is 19.1 Å². The van der Waals surface area contributed by atoms with Gasteiger partial charge in [-0.1, -0.05) is 23.8 Å². The molecule has 0 saturated carbocycles. The summed E-state index contributed by atoms with van der Waals surface area (Å²) >= 11 is 0. The molecule has 0 aliphatic carbocycles. The van der Waals surface area contributed by atoms with E-state index in [1.165, 1.54) is 0 Å². The van der Waals surface area contributed by atoms with Crippen LogP contribution in [0.4, 0.5) is 13.2 Å². The molecule has 4 heteroatoms. The zero-order valence-electron chi connectivity index (χ0n) is 9.30. The number of hydrogen-bond donors (Lipinski definition) is 1. The van der Waals surface area contributed by atoms with Gasteiger partial charge in [-0.05, 0) is 31.4 Å². The van der Waals surface area contributed by atoms with E-state index < -0.39 is 18.7 Å². The third kappa shape index (κ3) is 3.85. The fourth-order valence-electron chi connectivity index (χ4n) is 1.66. The molecule has 0 fully saturated rings. The lowest BCUT2D eigenvalue weighted by molar-refractivity contribution is -0.140. The number of aryl methyl sites for hydroxylation is 2. The van der Waals surface area contributed by atoms with Crippen LogP contribution in [0, 0.1) is 13.8 Å². The molecule has 1 aromatic carbocycles. The minimum Gasteiger partial charge on any atom is -0.388 e. The third-order valence-corrected chi connectivity index (χ3v) is 2.49. The molecule has 0 radical (unpaired) electrons. The monoisotopic (exact) mass is 232 g/mol. The number of hydrogen-bond acceptors (Lipinski definition) is 1. The average Bonchev–Trinajstić information content (AvgIpc) is 2.13. The summed E-state index contributed by atoms with van der Waals surface area (Å²) < 4.78 is 36.0. The predicted octanol–water partition coefficient (Wildman–Crippen LogP) is 3.68. The first kappa shape index (κ1) is 13.0. The van der Waals surface area contributed by atoms with Gasteiger partial charge in [0, 0.05) is 6.42 Å². The summed E-state index contributed by atoms with van der Waals surface area (Å²) in [5, 5.41) is 9.66. The van der Waals surface area contributed by atoms with Gasteiger partial charge in [0.1, 0.15) is 0 Å². The summed E-state index contributed by atoms with van der Waals surface area (Å²) in [6, 6.07) is 5.33. The molecule has 0 aliphatic rings. The summed E-state index contributed by atoms with van der Waals surface area (Å²) in [7, 11) is 0. The second kappa shape index (κ2) is 4.87. The van der Waals surface area contributed by atoms with Crippen LogP contribution in [0.1, 0.15) is 35.6 Å². The van der Waals surface area contributed by atoms with Gasteiger partial charge in [-0.15, -0.1) is 0 Å². The van der Waals surface area contributed by atoms with Crippen molar-refractivity contribution in [2.45, 2.75) is 39.0 Å². The SMILES string of the molecule is Cc1ccc(C(O)CCC(F)(F)F)c(C)c1. The Hall–Kier alpha value is -1.03. The molecule has 0 aliphatic heterocycles. The quantitative estimate of drug-likeness (QED) is 0.842. The highest BCUT2D eigenvalue weighted by Crippen LogP contribution is 2.28. The Morgan fingerprint density at radius 2 is 1.88 bits per heavy atom. The highest BCUT2D eigenvalue weighted by Gasteiger charge is 2.28. The van der Waals surface area contributed by atoms with Gasteiger partial charge in [0.15, 0.2) is 0 Å². The molecule has 1 atom stereocenters. The van der Waals surface area contributed by atoms with Gasteiger partial charge < -0.3 is 5.11 Å². The van der Waals surface area contributed by atoms with Crippen LogP contribution in [0.2, 0.25) is 0 Å². The summed E-state index contributed by atoms with van der Waals surface area (Å²) in [5.41, 5.74) is 2.44. The largest absolute Gasteiger partial charge is 0.389 e. The van der Waals surface area contributed by atoms with Crippen molar-refractivity contribution in [1.29, 1.82) is 0 Å². The van der Waals surface area contributed by atoms with Gasteiger partial charge in [0.05, 0.1) is 6.10 Å². The van der Waals surface area contributed by atoms with Crippen molar-refractivity contribution in [2.24, 2.45) is 0 Å². The maximum atomic E-state index is 12.0. The van der Waals surface area contributed by atoms with Crippen LogP contribution in [0.3, 0.4) is 0 Å². The molecule has 1 N–H and O–H groups in total. The molecule has 1 unspecified atom stereocenters. The van der Waals surface area contributed by atoms with Gasteiger partial charge in [0.25, 0.3) is 0 Å². The predicted molar refractivity (Wildman–Crippen MR) is 56.2 cm³/mol. The van der Waals surface area contributed by atoms with E-state index in [0.717, 1.165) is 11.1 Å². The van der Waals surface area contributed by atoms with Gasteiger partial charge in [-0.2, -0.15) is 13.2 Å². The smallest absolute Gasteiger partial charge is 0.388 e. The Balaban J connectivity index is 2.70. The molecule has 0 heterocycles. The van der Waals surface area contributed by atoms with Crippen molar-refractivity contribution >= 4 is 0 Å². The minimum absolute atomic E-state index is 0.284. The van der Waals surface area contributed by atoms with Crippen LogP contribution in [0.15, 0.2) is 18.2 Å². The standard InChI is InChI=1S/C12H15F3O/c1-8-3-4-10(9(2)7-8)11(16)5-6-12(13,14)15/h3-4,7,11,16H,5-6H2,1-2H3. The number of rotatable bonds is 3. The van der Waals surface area contributed by atoms with Crippen LogP contribution >= 0.6 is 0 Å². The molecule has 1 nitrogen and oxygen atoms in total. The maximum absolute atomic E-state index is 12.0. The normalized spacial score (nSPS) is 13.9. The van der Waals surface area contributed by atoms with Crippen molar-refractivity contribution in [3.8, 4) is 0 Å². The summed E-state index contributed by atoms with van der Waals surface area (Å²) in [6.07, 6.45) is -6.49. The Labute approximate surface area is 92.9 Å². The molecule has 0 saturated heterocycles. The molecule has 16 heavy (non-hydrogen) atoms. The first-order valence-corrected chi connectivity index (χ1v) is 5.11. The lowest BCUT2D eigenvalue weighted by atomic mass is 9.98. The topological polar surface area (TPSA) is 20.2 Å². The van der Waals surface area contributed by atoms with E-state index in [0.29, 0.717) is 5.56 Å². The van der Waals surface area contributed by atoms with Gasteiger partial charge in [0.2, 0.25) is 0 Å². The molecular weight excluding hydrogens is 217 g/mol. The fraction of sp³-hybridized carbons (Fsp3) is 0.500. The minimum atomic E-state index is -4.21. The molecule has 90 valence electrons. The van der Waals surface area contributed by atoms with E-state index in [4.69, 9.17) is 0 Å². The Kier molecular flexibility index (Phi) is 3.97. The van der Waals surface area contributed by atoms with Crippen LogP contribution in [0.5, 0.6) is 0 Å². The average molecular weight is 232 g/mol. The lowest BCUT2D eigenvalue weighted by Gasteiger charge is -2.15. The van der Waals surface area contributed by atoms with Crippen LogP contribution < -0.4 is 0 Å². The first-order chi connectivity index (χ1) is 7.29. The summed E-state index contributed by atoms with van der Waals surface area (Å²) in [4.78, 5) is 0. The molecule has 0 spiro atoms. The summed E-state index contributed by atoms with van der Waals surface area (Å²) in [6.45, 7) is 3.69. The van der Waals surface area contributed by atoms with Crippen molar-refractivity contribution in [2.75, 3.05) is 0 Å². The number of alkyl halides is 3. The number of aliphatic hydroxyl groups excluding tert-OH is 1. The van der Waals surface area contributed by atoms with Crippen molar-refractivity contribution < 1.29 is 18.3 Å².